The van der Waals surface area contributed by atoms with Crippen LogP contribution in [0.15, 0.2) is 42.6 Å². The normalized spacial score (nSPS) is 20.9. The molecule has 0 radical (unpaired) electrons. The molecule has 6 nitrogen and oxygen atoms in total. The molecule has 6 heteroatoms. The highest BCUT2D eigenvalue weighted by Crippen LogP contribution is 2.33. The Hall–Kier alpha value is -2.89. The third-order valence-electron chi connectivity index (χ3n) is 7.45. The van der Waals surface area contributed by atoms with Crippen molar-refractivity contribution in [3.63, 3.8) is 0 Å². The van der Waals surface area contributed by atoms with E-state index in [1.807, 2.05) is 19.2 Å². The lowest BCUT2D eigenvalue weighted by Gasteiger charge is -2.35. The summed E-state index contributed by atoms with van der Waals surface area (Å²) in [4.78, 5) is 32.6. The number of anilines is 1. The van der Waals surface area contributed by atoms with Crippen molar-refractivity contribution in [1.82, 2.24) is 15.6 Å². The van der Waals surface area contributed by atoms with Crippen molar-refractivity contribution < 1.29 is 9.59 Å². The molecule has 2 aromatic rings. The highest BCUT2D eigenvalue weighted by atomic mass is 16.2. The highest BCUT2D eigenvalue weighted by molar-refractivity contribution is 5.81. The third kappa shape index (κ3) is 6.41. The Kier molecular flexibility index (Phi) is 8.78. The van der Waals surface area contributed by atoms with Crippen LogP contribution in [-0.2, 0) is 16.0 Å². The molecular formula is C29H40N4O2. The number of aryl methyl sites for hydroxylation is 1. The molecule has 0 bridgehead atoms. The molecule has 2 fully saturated rings. The second-order valence-corrected chi connectivity index (χ2v) is 10.1. The average molecular weight is 477 g/mol. The van der Waals surface area contributed by atoms with E-state index >= 15 is 0 Å². The van der Waals surface area contributed by atoms with Gasteiger partial charge in [0.15, 0.2) is 0 Å². The van der Waals surface area contributed by atoms with Gasteiger partial charge in [0.25, 0.3) is 0 Å². The summed E-state index contributed by atoms with van der Waals surface area (Å²) in [5.41, 5.74) is 3.63. The Bertz CT molecular complexity index is 985. The first-order valence-corrected chi connectivity index (χ1v) is 13.5. The summed E-state index contributed by atoms with van der Waals surface area (Å²) < 4.78 is 0. The van der Waals surface area contributed by atoms with Crippen LogP contribution in [0.5, 0.6) is 0 Å². The quantitative estimate of drug-likeness (QED) is 0.578. The Morgan fingerprint density at radius 2 is 1.77 bits per heavy atom. The number of hydrogen-bond donors (Lipinski definition) is 2. The van der Waals surface area contributed by atoms with Crippen molar-refractivity contribution in [3.8, 4) is 11.1 Å². The van der Waals surface area contributed by atoms with Gasteiger partial charge in [-0.25, -0.2) is 4.98 Å². The van der Waals surface area contributed by atoms with Crippen LogP contribution in [-0.4, -0.2) is 42.5 Å². The fourth-order valence-electron chi connectivity index (χ4n) is 5.56. The van der Waals surface area contributed by atoms with Gasteiger partial charge in [0.05, 0.1) is 0 Å². The van der Waals surface area contributed by atoms with E-state index in [2.05, 4.69) is 52.8 Å². The van der Waals surface area contributed by atoms with Crippen LogP contribution < -0.4 is 15.5 Å². The number of nitrogens with zero attached hydrogens (tertiary/aromatic N) is 2. The van der Waals surface area contributed by atoms with Crippen LogP contribution in [0.1, 0.15) is 64.4 Å². The molecule has 1 aliphatic heterocycles. The summed E-state index contributed by atoms with van der Waals surface area (Å²) in [7, 11) is 0. The number of piperidine rings is 1. The number of aromatic nitrogens is 1. The Labute approximate surface area is 209 Å². The molecule has 4 rings (SSSR count). The molecule has 2 aliphatic rings. The second kappa shape index (κ2) is 12.2. The van der Waals surface area contributed by atoms with E-state index in [-0.39, 0.29) is 29.7 Å². The lowest BCUT2D eigenvalue weighted by molar-refractivity contribution is -0.129. The monoisotopic (exact) mass is 476 g/mol. The van der Waals surface area contributed by atoms with Gasteiger partial charge in [-0.3, -0.25) is 9.59 Å². The zero-order valence-corrected chi connectivity index (χ0v) is 21.3. The number of nitrogens with one attached hydrogen (secondary N) is 2. The van der Waals surface area contributed by atoms with Gasteiger partial charge in [0.1, 0.15) is 5.82 Å². The van der Waals surface area contributed by atoms with Gasteiger partial charge in [-0.2, -0.15) is 0 Å². The molecule has 0 spiro atoms. The summed E-state index contributed by atoms with van der Waals surface area (Å²) >= 11 is 0. The molecule has 1 aliphatic carbocycles. The van der Waals surface area contributed by atoms with Gasteiger partial charge in [0.2, 0.25) is 11.8 Å². The molecule has 2 heterocycles. The van der Waals surface area contributed by atoms with Crippen molar-refractivity contribution in [1.29, 1.82) is 0 Å². The predicted molar refractivity (Wildman–Crippen MR) is 141 cm³/mol. The second-order valence-electron chi connectivity index (χ2n) is 10.1. The molecule has 1 aromatic heterocycles. The van der Waals surface area contributed by atoms with E-state index in [0.717, 1.165) is 70.3 Å². The van der Waals surface area contributed by atoms with Crippen molar-refractivity contribution in [2.45, 2.75) is 71.3 Å². The van der Waals surface area contributed by atoms with E-state index in [1.165, 1.54) is 16.7 Å². The first kappa shape index (κ1) is 25.2. The van der Waals surface area contributed by atoms with E-state index in [4.69, 9.17) is 4.98 Å². The Balaban J connectivity index is 1.37. The van der Waals surface area contributed by atoms with Crippen LogP contribution in [0.2, 0.25) is 0 Å². The number of benzene rings is 1. The van der Waals surface area contributed by atoms with E-state index in [1.54, 1.807) is 0 Å². The molecule has 35 heavy (non-hydrogen) atoms. The molecule has 1 saturated carbocycles. The standard InChI is InChI=1S/C29H40N4O2/c1-3-9-21-18-26(22-10-6-5-7-11-22)27(31-20-21)33-16-14-23(15-17-33)29(35)32-25-13-8-12-24(19-25)28(34)30-4-2/h5-7,10-11,18,20,23-25H,3-4,8-9,12-17,19H2,1-2H3,(H,30,34)(H,32,35)/t24-,25-/m0/s1. The first-order valence-electron chi connectivity index (χ1n) is 13.5. The van der Waals surface area contributed by atoms with Crippen LogP contribution >= 0.6 is 0 Å². The summed E-state index contributed by atoms with van der Waals surface area (Å²) in [6.45, 7) is 6.45. The zero-order valence-electron chi connectivity index (χ0n) is 21.3. The Morgan fingerprint density at radius 1 is 1.00 bits per heavy atom. The molecule has 188 valence electrons. The number of pyridine rings is 1. The minimum atomic E-state index is 0.0222. The lowest BCUT2D eigenvalue weighted by Crippen LogP contribution is -2.46. The predicted octanol–water partition coefficient (Wildman–Crippen LogP) is 4.73. The summed E-state index contributed by atoms with van der Waals surface area (Å²) in [6, 6.07) is 12.9. The van der Waals surface area contributed by atoms with Gasteiger partial charge in [-0.15, -0.1) is 0 Å². The highest BCUT2D eigenvalue weighted by Gasteiger charge is 2.31. The fraction of sp³-hybridized carbons (Fsp3) is 0.552. The summed E-state index contributed by atoms with van der Waals surface area (Å²) in [5, 5.41) is 6.21. The zero-order chi connectivity index (χ0) is 24.6. The number of amides is 2. The maximum atomic E-state index is 13.1. The lowest BCUT2D eigenvalue weighted by atomic mass is 9.84. The summed E-state index contributed by atoms with van der Waals surface area (Å²) in [6.07, 6.45) is 9.42. The smallest absolute Gasteiger partial charge is 0.223 e. The number of carbonyl (C=O) groups excluding carboxylic acids is 2. The number of rotatable bonds is 8. The van der Waals surface area contributed by atoms with Crippen molar-refractivity contribution in [2.75, 3.05) is 24.5 Å². The van der Waals surface area contributed by atoms with E-state index < -0.39 is 0 Å². The summed E-state index contributed by atoms with van der Waals surface area (Å²) in [5.74, 6) is 1.35. The third-order valence-corrected chi connectivity index (χ3v) is 7.45. The van der Waals surface area contributed by atoms with Gasteiger partial charge < -0.3 is 15.5 Å². The van der Waals surface area contributed by atoms with Crippen LogP contribution in [0.25, 0.3) is 11.1 Å². The van der Waals surface area contributed by atoms with Gasteiger partial charge in [-0.1, -0.05) is 50.1 Å². The van der Waals surface area contributed by atoms with Crippen LogP contribution in [0.3, 0.4) is 0 Å². The molecular weight excluding hydrogens is 436 g/mol. The maximum absolute atomic E-state index is 13.1. The molecule has 1 saturated heterocycles. The minimum absolute atomic E-state index is 0.0222. The van der Waals surface area contributed by atoms with Crippen molar-refractivity contribution in [2.24, 2.45) is 11.8 Å². The average Bonchev–Trinajstić information content (AvgIpc) is 2.90. The first-order chi connectivity index (χ1) is 17.1. The molecule has 2 atom stereocenters. The largest absolute Gasteiger partial charge is 0.356 e. The molecule has 2 N–H and O–H groups in total. The molecule has 0 unspecified atom stereocenters. The van der Waals surface area contributed by atoms with Gasteiger partial charge in [-0.05, 0) is 62.6 Å². The van der Waals surface area contributed by atoms with Crippen molar-refractivity contribution in [3.05, 3.63) is 48.2 Å². The Morgan fingerprint density at radius 3 is 2.49 bits per heavy atom. The van der Waals surface area contributed by atoms with Crippen molar-refractivity contribution >= 4 is 17.6 Å². The van der Waals surface area contributed by atoms with Gasteiger partial charge in [0, 0.05) is 49.3 Å². The topological polar surface area (TPSA) is 74.3 Å². The van der Waals surface area contributed by atoms with Crippen LogP contribution in [0, 0.1) is 11.8 Å². The minimum Gasteiger partial charge on any atom is -0.356 e. The SMILES string of the molecule is CCCc1cnc(N2CCC(C(=O)N[C@H]3CCC[C@H](C(=O)NCC)C3)CC2)c(-c2ccccc2)c1. The fourth-order valence-corrected chi connectivity index (χ4v) is 5.56. The number of hydrogen-bond acceptors (Lipinski definition) is 4. The molecule has 1 aromatic carbocycles. The number of carbonyl (C=O) groups is 2. The maximum Gasteiger partial charge on any atom is 0.223 e. The van der Waals surface area contributed by atoms with Crippen LogP contribution in [0.4, 0.5) is 5.82 Å². The molecule has 2 amide bonds. The van der Waals surface area contributed by atoms with Gasteiger partial charge >= 0.3 is 0 Å². The van der Waals surface area contributed by atoms with E-state index in [9.17, 15) is 9.59 Å². The van der Waals surface area contributed by atoms with E-state index in [0.29, 0.717) is 6.54 Å².